The molecular formula is C61H37NO. The number of anilines is 3. The molecule has 0 bridgehead atoms. The summed E-state index contributed by atoms with van der Waals surface area (Å²) in [5, 5.41) is 9.85. The molecule has 2 heteroatoms. The van der Waals surface area contributed by atoms with Gasteiger partial charge in [-0.2, -0.15) is 0 Å². The van der Waals surface area contributed by atoms with Crippen molar-refractivity contribution in [2.24, 2.45) is 0 Å². The highest BCUT2D eigenvalue weighted by molar-refractivity contribution is 6.26. The summed E-state index contributed by atoms with van der Waals surface area (Å²) in [6.45, 7) is 0. The fourth-order valence-corrected chi connectivity index (χ4v) is 11.5. The Morgan fingerprint density at radius 3 is 1.46 bits per heavy atom. The summed E-state index contributed by atoms with van der Waals surface area (Å²) in [6, 6.07) is 82.9. The molecule has 0 amide bonds. The zero-order valence-electron chi connectivity index (χ0n) is 34.2. The molecule has 2 aliphatic rings. The molecule has 0 atom stereocenters. The van der Waals surface area contributed by atoms with Crippen LogP contribution in [0.15, 0.2) is 229 Å². The average molecular weight is 800 g/mol. The lowest BCUT2D eigenvalue weighted by Gasteiger charge is -2.32. The van der Waals surface area contributed by atoms with Gasteiger partial charge in [0.2, 0.25) is 0 Å². The number of furan rings is 1. The van der Waals surface area contributed by atoms with Gasteiger partial charge in [0, 0.05) is 27.7 Å². The first-order valence-electron chi connectivity index (χ1n) is 21.8. The van der Waals surface area contributed by atoms with Gasteiger partial charge in [0.25, 0.3) is 0 Å². The topological polar surface area (TPSA) is 16.4 Å². The van der Waals surface area contributed by atoms with Crippen LogP contribution in [0.1, 0.15) is 22.3 Å². The summed E-state index contributed by atoms with van der Waals surface area (Å²) in [5.74, 6) is 0. The fraction of sp³-hybridized carbons (Fsp3) is 0.0164. The maximum absolute atomic E-state index is 6.33. The number of rotatable bonds is 4. The molecule has 0 unspecified atom stereocenters. The lowest BCUT2D eigenvalue weighted by Crippen LogP contribution is -2.26. The Morgan fingerprint density at radius 2 is 0.778 bits per heavy atom. The minimum Gasteiger partial charge on any atom is -0.456 e. The van der Waals surface area contributed by atoms with E-state index in [1.54, 1.807) is 0 Å². The van der Waals surface area contributed by atoms with E-state index in [0.717, 1.165) is 50.1 Å². The molecular weight excluding hydrogens is 763 g/mol. The summed E-state index contributed by atoms with van der Waals surface area (Å²) < 4.78 is 6.33. The summed E-state index contributed by atoms with van der Waals surface area (Å²) in [7, 11) is 0. The van der Waals surface area contributed by atoms with E-state index in [9.17, 15) is 0 Å². The maximum atomic E-state index is 6.33. The second-order valence-electron chi connectivity index (χ2n) is 17.1. The van der Waals surface area contributed by atoms with Gasteiger partial charge in [0.1, 0.15) is 11.2 Å². The Balaban J connectivity index is 1.02. The molecule has 292 valence electrons. The summed E-state index contributed by atoms with van der Waals surface area (Å²) in [4.78, 5) is 2.50. The van der Waals surface area contributed by atoms with Crippen LogP contribution in [0.25, 0.3) is 87.6 Å². The molecule has 11 aromatic carbocycles. The Hall–Kier alpha value is -8.20. The van der Waals surface area contributed by atoms with Gasteiger partial charge >= 0.3 is 0 Å². The quantitative estimate of drug-likeness (QED) is 0.165. The molecule has 0 N–H and O–H groups in total. The molecule has 1 spiro atoms. The first-order valence-corrected chi connectivity index (χ1v) is 21.8. The van der Waals surface area contributed by atoms with Crippen LogP contribution < -0.4 is 4.90 Å². The Morgan fingerprint density at radius 1 is 0.302 bits per heavy atom. The Bertz CT molecular complexity index is 3790. The van der Waals surface area contributed by atoms with Crippen LogP contribution in [0.5, 0.6) is 0 Å². The molecule has 1 aromatic heterocycles. The zero-order chi connectivity index (χ0) is 41.2. The largest absolute Gasteiger partial charge is 0.456 e. The Labute approximate surface area is 364 Å². The normalized spacial score (nSPS) is 13.2. The van der Waals surface area contributed by atoms with E-state index in [1.165, 1.54) is 76.8 Å². The standard InChI is InChI=1S/C61H37NO/c1-2-16-44-42(14-1)43-15-3-4-17-45(43)52-37-41(33-35-46(44)52)62(40-31-28-38(29-32-40)39-30-34-50-49-20-8-12-27-58(49)63-59(50)36-39)57-26-13-25-56-60(57)51-21-7-11-24-55(51)61(56)53-22-9-5-18-47(53)48-19-6-10-23-54(48)61/h1-37H. The smallest absolute Gasteiger partial charge is 0.136 e. The van der Waals surface area contributed by atoms with E-state index in [-0.39, 0.29) is 0 Å². The molecule has 12 aromatic rings. The van der Waals surface area contributed by atoms with Gasteiger partial charge in [-0.3, -0.25) is 0 Å². The number of hydrogen-bond acceptors (Lipinski definition) is 2. The van der Waals surface area contributed by atoms with Crippen molar-refractivity contribution in [2.45, 2.75) is 5.41 Å². The SMILES string of the molecule is c1ccc2c(c1)-c1ccccc1C21c2ccccc2-c2c(N(c3ccc(-c4ccc5c(c4)oc4ccccc45)cc3)c3ccc4c5ccccc5c5ccccc5c4c3)cccc21. The van der Waals surface area contributed by atoms with Crippen molar-refractivity contribution in [1.29, 1.82) is 0 Å². The molecule has 0 aliphatic heterocycles. The lowest BCUT2D eigenvalue weighted by molar-refractivity contribution is 0.669. The van der Waals surface area contributed by atoms with Gasteiger partial charge in [0.05, 0.1) is 11.1 Å². The van der Waals surface area contributed by atoms with Crippen LogP contribution in [0, 0.1) is 0 Å². The van der Waals surface area contributed by atoms with E-state index in [1.807, 2.05) is 12.1 Å². The molecule has 0 fully saturated rings. The predicted octanol–water partition coefficient (Wildman–Crippen LogP) is 16.5. The summed E-state index contributed by atoms with van der Waals surface area (Å²) in [6.07, 6.45) is 0. The molecule has 14 rings (SSSR count). The first-order chi connectivity index (χ1) is 31.3. The average Bonchev–Trinajstić information content (AvgIpc) is 3.99. The fourth-order valence-electron chi connectivity index (χ4n) is 11.5. The van der Waals surface area contributed by atoms with Crippen LogP contribution in [-0.4, -0.2) is 0 Å². The molecule has 0 radical (unpaired) electrons. The molecule has 1 heterocycles. The number of nitrogens with zero attached hydrogens (tertiary/aromatic N) is 1. The van der Waals surface area contributed by atoms with Gasteiger partial charge in [-0.05, 0) is 131 Å². The lowest BCUT2D eigenvalue weighted by atomic mass is 9.70. The van der Waals surface area contributed by atoms with Gasteiger partial charge in [0.15, 0.2) is 0 Å². The van der Waals surface area contributed by atoms with Gasteiger partial charge in [-0.25, -0.2) is 0 Å². The number of para-hydroxylation sites is 1. The van der Waals surface area contributed by atoms with Gasteiger partial charge in [-0.1, -0.05) is 176 Å². The molecule has 2 nitrogen and oxygen atoms in total. The second kappa shape index (κ2) is 12.9. The molecule has 0 saturated carbocycles. The van der Waals surface area contributed by atoms with E-state index in [0.29, 0.717) is 0 Å². The molecule has 63 heavy (non-hydrogen) atoms. The van der Waals surface area contributed by atoms with Crippen molar-refractivity contribution < 1.29 is 4.42 Å². The van der Waals surface area contributed by atoms with E-state index >= 15 is 0 Å². The minimum absolute atomic E-state index is 0.446. The second-order valence-corrected chi connectivity index (χ2v) is 17.1. The third kappa shape index (κ3) is 4.67. The van der Waals surface area contributed by atoms with Crippen LogP contribution in [0.3, 0.4) is 0 Å². The van der Waals surface area contributed by atoms with Crippen molar-refractivity contribution in [3.05, 3.63) is 247 Å². The van der Waals surface area contributed by atoms with Crippen molar-refractivity contribution in [3.63, 3.8) is 0 Å². The highest BCUT2D eigenvalue weighted by Crippen LogP contribution is 2.64. The van der Waals surface area contributed by atoms with Crippen molar-refractivity contribution in [1.82, 2.24) is 0 Å². The van der Waals surface area contributed by atoms with Crippen molar-refractivity contribution in [3.8, 4) is 33.4 Å². The number of fused-ring (bicyclic) bond motifs is 19. The van der Waals surface area contributed by atoms with Crippen molar-refractivity contribution >= 4 is 71.3 Å². The van der Waals surface area contributed by atoms with Crippen LogP contribution >= 0.6 is 0 Å². The maximum Gasteiger partial charge on any atom is 0.136 e. The van der Waals surface area contributed by atoms with Crippen LogP contribution in [0.2, 0.25) is 0 Å². The van der Waals surface area contributed by atoms with Crippen LogP contribution in [-0.2, 0) is 5.41 Å². The Kier molecular flexibility index (Phi) is 7.07. The summed E-state index contributed by atoms with van der Waals surface area (Å²) >= 11 is 0. The van der Waals surface area contributed by atoms with Crippen LogP contribution in [0.4, 0.5) is 17.1 Å². The number of benzene rings is 11. The van der Waals surface area contributed by atoms with E-state index in [2.05, 4.69) is 217 Å². The third-order valence-electron chi connectivity index (χ3n) is 14.1. The molecule has 2 aliphatic carbocycles. The first kappa shape index (κ1) is 34.5. The minimum atomic E-state index is -0.446. The highest BCUT2D eigenvalue weighted by Gasteiger charge is 2.52. The molecule has 0 saturated heterocycles. The third-order valence-corrected chi connectivity index (χ3v) is 14.1. The number of hydrogen-bond donors (Lipinski definition) is 0. The monoisotopic (exact) mass is 799 g/mol. The highest BCUT2D eigenvalue weighted by atomic mass is 16.3. The van der Waals surface area contributed by atoms with Crippen molar-refractivity contribution in [2.75, 3.05) is 4.90 Å². The van der Waals surface area contributed by atoms with Gasteiger partial charge < -0.3 is 9.32 Å². The zero-order valence-corrected chi connectivity index (χ0v) is 34.2. The van der Waals surface area contributed by atoms with E-state index in [4.69, 9.17) is 4.42 Å². The predicted molar refractivity (Wildman–Crippen MR) is 263 cm³/mol. The summed E-state index contributed by atoms with van der Waals surface area (Å²) in [5.41, 5.74) is 17.5. The van der Waals surface area contributed by atoms with Gasteiger partial charge in [-0.15, -0.1) is 0 Å². The van der Waals surface area contributed by atoms with E-state index < -0.39 is 5.41 Å².